The molecule has 0 unspecified atom stereocenters. The lowest BCUT2D eigenvalue weighted by Crippen LogP contribution is -2.30. The second-order valence-corrected chi connectivity index (χ2v) is 2.85. The van der Waals surface area contributed by atoms with Crippen LogP contribution in [0.2, 0.25) is 0 Å². The molecule has 0 atom stereocenters. The van der Waals surface area contributed by atoms with Crippen LogP contribution in [0.5, 0.6) is 0 Å². The molecule has 74 valence electrons. The maximum atomic E-state index is 10.9. The topological polar surface area (TPSA) is 88.1 Å². The SMILES string of the molecule is COC(=O)/C(C#N)=C\NC(=S)C(N)=S. The molecule has 3 N–H and O–H groups in total. The molecule has 5 nitrogen and oxygen atoms in total. The Morgan fingerprint density at radius 1 is 1.64 bits per heavy atom. The molecule has 0 aromatic carbocycles. The third-order valence-electron chi connectivity index (χ3n) is 1.10. The third-order valence-corrected chi connectivity index (χ3v) is 1.77. The van der Waals surface area contributed by atoms with E-state index in [0.29, 0.717) is 0 Å². The van der Waals surface area contributed by atoms with Crippen molar-refractivity contribution < 1.29 is 9.53 Å². The van der Waals surface area contributed by atoms with Crippen molar-refractivity contribution >= 4 is 40.4 Å². The molecule has 0 aliphatic rings. The predicted octanol–water partition coefficient (Wildman–Crippen LogP) is -0.230. The zero-order chi connectivity index (χ0) is 11.1. The Kier molecular flexibility index (Phi) is 5.36. The fraction of sp³-hybridized carbons (Fsp3) is 0.143. The van der Waals surface area contributed by atoms with E-state index in [9.17, 15) is 4.79 Å². The van der Waals surface area contributed by atoms with E-state index in [-0.39, 0.29) is 15.6 Å². The number of hydrogen-bond donors (Lipinski definition) is 2. The molecule has 0 heterocycles. The van der Waals surface area contributed by atoms with Crippen LogP contribution in [-0.4, -0.2) is 23.1 Å². The van der Waals surface area contributed by atoms with Crippen molar-refractivity contribution in [1.82, 2.24) is 5.32 Å². The minimum Gasteiger partial charge on any atom is -0.465 e. The highest BCUT2D eigenvalue weighted by Crippen LogP contribution is 1.93. The van der Waals surface area contributed by atoms with Gasteiger partial charge in [-0.05, 0) is 0 Å². The molecule has 0 aromatic heterocycles. The summed E-state index contributed by atoms with van der Waals surface area (Å²) in [4.78, 5) is 10.9. The van der Waals surface area contributed by atoms with Gasteiger partial charge in [-0.3, -0.25) is 0 Å². The fourth-order valence-corrected chi connectivity index (χ4v) is 0.573. The van der Waals surface area contributed by atoms with Crippen LogP contribution < -0.4 is 11.1 Å². The normalized spacial score (nSPS) is 9.86. The van der Waals surface area contributed by atoms with Gasteiger partial charge >= 0.3 is 5.97 Å². The Hall–Kier alpha value is -1.52. The lowest BCUT2D eigenvalue weighted by atomic mass is 10.3. The molecule has 0 saturated carbocycles. The van der Waals surface area contributed by atoms with E-state index >= 15 is 0 Å². The van der Waals surface area contributed by atoms with Crippen molar-refractivity contribution in [3.05, 3.63) is 11.8 Å². The van der Waals surface area contributed by atoms with Gasteiger partial charge in [0.15, 0.2) is 5.57 Å². The van der Waals surface area contributed by atoms with Gasteiger partial charge in [0.05, 0.1) is 7.11 Å². The summed E-state index contributed by atoms with van der Waals surface area (Å²) in [5, 5.41) is 10.9. The quantitative estimate of drug-likeness (QED) is 0.292. The Bertz CT molecular complexity index is 343. The number of nitrogens with one attached hydrogen (secondary N) is 1. The molecular weight excluding hydrogens is 222 g/mol. The molecule has 0 amide bonds. The van der Waals surface area contributed by atoms with Crippen LogP contribution in [0.15, 0.2) is 11.8 Å². The number of carbonyl (C=O) groups excluding carboxylic acids is 1. The third kappa shape index (κ3) is 3.93. The van der Waals surface area contributed by atoms with Gasteiger partial charge in [0, 0.05) is 6.20 Å². The van der Waals surface area contributed by atoms with Crippen molar-refractivity contribution in [3.8, 4) is 6.07 Å². The average molecular weight is 229 g/mol. The summed E-state index contributed by atoms with van der Waals surface area (Å²) in [6.07, 6.45) is 1.09. The zero-order valence-corrected chi connectivity index (χ0v) is 8.87. The number of carbonyl (C=O) groups is 1. The van der Waals surface area contributed by atoms with Crippen molar-refractivity contribution in [2.24, 2.45) is 5.73 Å². The lowest BCUT2D eigenvalue weighted by molar-refractivity contribution is -0.135. The first-order valence-electron chi connectivity index (χ1n) is 3.31. The van der Waals surface area contributed by atoms with Gasteiger partial charge in [-0.1, -0.05) is 24.4 Å². The number of esters is 1. The van der Waals surface area contributed by atoms with Crippen molar-refractivity contribution in [3.63, 3.8) is 0 Å². The monoisotopic (exact) mass is 229 g/mol. The largest absolute Gasteiger partial charge is 0.465 e. The van der Waals surface area contributed by atoms with E-state index in [0.717, 1.165) is 6.20 Å². The van der Waals surface area contributed by atoms with Crippen LogP contribution in [0.25, 0.3) is 0 Å². The molecule has 0 rings (SSSR count). The highest BCUT2D eigenvalue weighted by Gasteiger charge is 2.08. The number of ether oxygens (including phenoxy) is 1. The molecular formula is C7H7N3O2S2. The molecule has 0 bridgehead atoms. The Morgan fingerprint density at radius 2 is 2.21 bits per heavy atom. The van der Waals surface area contributed by atoms with E-state index in [1.165, 1.54) is 7.11 Å². The second kappa shape index (κ2) is 6.01. The first kappa shape index (κ1) is 12.5. The van der Waals surface area contributed by atoms with Crippen molar-refractivity contribution in [2.45, 2.75) is 0 Å². The standard InChI is InChI=1S/C7H7N3O2S2/c1-12-7(11)4(2-8)3-10-6(14)5(9)13/h3H,1H3,(H2,9,13)(H,10,14)/b4-3-. The summed E-state index contributed by atoms with van der Waals surface area (Å²) in [6, 6.07) is 1.63. The number of hydrogen-bond acceptors (Lipinski definition) is 5. The van der Waals surface area contributed by atoms with Gasteiger partial charge in [-0.25, -0.2) is 4.79 Å². The number of nitriles is 1. The van der Waals surface area contributed by atoms with Crippen LogP contribution in [0.3, 0.4) is 0 Å². The van der Waals surface area contributed by atoms with E-state index in [4.69, 9.17) is 11.0 Å². The Balaban J connectivity index is 4.50. The minimum absolute atomic E-state index is 0.0154. The van der Waals surface area contributed by atoms with Gasteiger partial charge in [-0.2, -0.15) is 5.26 Å². The number of nitrogens with two attached hydrogens (primary N) is 1. The van der Waals surface area contributed by atoms with Crippen LogP contribution in [0.1, 0.15) is 0 Å². The molecule has 0 aromatic rings. The van der Waals surface area contributed by atoms with Crippen molar-refractivity contribution in [2.75, 3.05) is 7.11 Å². The molecule has 0 spiro atoms. The summed E-state index contributed by atoms with van der Waals surface area (Å²) in [7, 11) is 1.17. The average Bonchev–Trinajstić information content (AvgIpc) is 2.17. The van der Waals surface area contributed by atoms with Crippen LogP contribution >= 0.6 is 24.4 Å². The fourth-order valence-electron chi connectivity index (χ4n) is 0.456. The van der Waals surface area contributed by atoms with Gasteiger partial charge in [0.25, 0.3) is 0 Å². The van der Waals surface area contributed by atoms with E-state index in [1.807, 2.05) is 0 Å². The maximum Gasteiger partial charge on any atom is 0.350 e. The van der Waals surface area contributed by atoms with Gasteiger partial charge in [0.2, 0.25) is 0 Å². The number of methoxy groups -OCH3 is 1. The van der Waals surface area contributed by atoms with E-state index < -0.39 is 5.97 Å². The molecule has 0 fully saturated rings. The summed E-state index contributed by atoms with van der Waals surface area (Å²) < 4.78 is 4.32. The van der Waals surface area contributed by atoms with E-state index in [2.05, 4.69) is 34.5 Å². The molecule has 14 heavy (non-hydrogen) atoms. The predicted molar refractivity (Wildman–Crippen MR) is 58.2 cm³/mol. The molecule has 0 saturated heterocycles. The van der Waals surface area contributed by atoms with Gasteiger partial charge in [-0.15, -0.1) is 0 Å². The van der Waals surface area contributed by atoms with Crippen LogP contribution in [-0.2, 0) is 9.53 Å². The molecule has 0 radical (unpaired) electrons. The molecule has 0 aliphatic heterocycles. The lowest BCUT2D eigenvalue weighted by Gasteiger charge is -2.00. The van der Waals surface area contributed by atoms with Crippen LogP contribution in [0.4, 0.5) is 0 Å². The molecule has 7 heteroatoms. The minimum atomic E-state index is -0.759. The summed E-state index contributed by atoms with van der Waals surface area (Å²) in [5.74, 6) is -0.759. The van der Waals surface area contributed by atoms with Crippen molar-refractivity contribution in [1.29, 1.82) is 5.26 Å². The van der Waals surface area contributed by atoms with E-state index in [1.54, 1.807) is 6.07 Å². The highest BCUT2D eigenvalue weighted by atomic mass is 32.1. The summed E-state index contributed by atoms with van der Waals surface area (Å²) in [6.45, 7) is 0. The van der Waals surface area contributed by atoms with Gasteiger partial charge < -0.3 is 15.8 Å². The summed E-state index contributed by atoms with van der Waals surface area (Å²) >= 11 is 9.23. The second-order valence-electron chi connectivity index (χ2n) is 2.00. The van der Waals surface area contributed by atoms with Crippen LogP contribution in [0, 0.1) is 11.3 Å². The summed E-state index contributed by atoms with van der Waals surface area (Å²) in [5.41, 5.74) is 4.96. The Labute approximate surface area is 91.5 Å². The van der Waals surface area contributed by atoms with Gasteiger partial charge in [0.1, 0.15) is 16.0 Å². The Morgan fingerprint density at radius 3 is 2.57 bits per heavy atom. The molecule has 0 aliphatic carbocycles. The maximum absolute atomic E-state index is 10.9. The first-order valence-corrected chi connectivity index (χ1v) is 4.13. The smallest absolute Gasteiger partial charge is 0.350 e. The highest BCUT2D eigenvalue weighted by molar-refractivity contribution is 7.89. The number of thiocarbonyl (C=S) groups is 2. The first-order chi connectivity index (χ1) is 6.52. The number of rotatable bonds is 2. The number of nitrogens with zero attached hydrogens (tertiary/aromatic N) is 1. The zero-order valence-electron chi connectivity index (χ0n) is 7.23.